The van der Waals surface area contributed by atoms with Crippen molar-refractivity contribution in [3.05, 3.63) is 30.0 Å². The lowest BCUT2D eigenvalue weighted by molar-refractivity contribution is -0.151. The topological polar surface area (TPSA) is 58.6 Å². The molecule has 1 aromatic carbocycles. The number of alkyl halides is 3. The molecular weight excluding hydrogens is 361 g/mol. The van der Waals surface area contributed by atoms with E-state index in [1.165, 1.54) is 12.0 Å². The third-order valence-corrected chi connectivity index (χ3v) is 4.50. The number of methoxy groups -OCH3 is 1. The minimum atomic E-state index is -4.21. The number of hydrogen-bond acceptors (Lipinski definition) is 5. The van der Waals surface area contributed by atoms with E-state index < -0.39 is 12.7 Å². The lowest BCUT2D eigenvalue weighted by atomic mass is 10.2. The van der Waals surface area contributed by atoms with Crippen molar-refractivity contribution in [3.63, 3.8) is 0 Å². The molecule has 2 aromatic rings. The van der Waals surface area contributed by atoms with E-state index in [9.17, 15) is 18.0 Å². The molecule has 27 heavy (non-hydrogen) atoms. The van der Waals surface area contributed by atoms with Crippen LogP contribution in [-0.2, 0) is 11.2 Å². The number of para-hydroxylation sites is 2. The van der Waals surface area contributed by atoms with E-state index in [2.05, 4.69) is 9.97 Å². The van der Waals surface area contributed by atoms with Crippen molar-refractivity contribution in [3.8, 4) is 5.88 Å². The van der Waals surface area contributed by atoms with Gasteiger partial charge in [-0.25, -0.2) is 9.97 Å². The predicted octanol–water partition coefficient (Wildman–Crippen LogP) is 2.28. The second-order valence-corrected chi connectivity index (χ2v) is 6.44. The van der Waals surface area contributed by atoms with Gasteiger partial charge in [-0.15, -0.1) is 0 Å². The molecule has 6 nitrogen and oxygen atoms in total. The lowest BCUT2D eigenvalue weighted by Crippen LogP contribution is -2.50. The van der Waals surface area contributed by atoms with Crippen LogP contribution >= 0.6 is 0 Å². The van der Waals surface area contributed by atoms with Gasteiger partial charge >= 0.3 is 6.18 Å². The Morgan fingerprint density at radius 1 is 1.11 bits per heavy atom. The molecular formula is C18H21F3N4O2. The third-order valence-electron chi connectivity index (χ3n) is 4.50. The Morgan fingerprint density at radius 2 is 1.74 bits per heavy atom. The molecule has 0 radical (unpaired) electrons. The van der Waals surface area contributed by atoms with Crippen molar-refractivity contribution >= 4 is 16.9 Å². The summed E-state index contributed by atoms with van der Waals surface area (Å²) in [7, 11) is 1.50. The number of aromatic nitrogens is 2. The number of aryl methyl sites for hydroxylation is 1. The van der Waals surface area contributed by atoms with Crippen LogP contribution in [0.5, 0.6) is 5.88 Å². The summed E-state index contributed by atoms with van der Waals surface area (Å²) >= 11 is 0. The van der Waals surface area contributed by atoms with Crippen molar-refractivity contribution in [1.29, 1.82) is 0 Å². The highest BCUT2D eigenvalue weighted by atomic mass is 19.4. The highest BCUT2D eigenvalue weighted by molar-refractivity contribution is 5.77. The van der Waals surface area contributed by atoms with Gasteiger partial charge in [0.05, 0.1) is 24.7 Å². The zero-order valence-electron chi connectivity index (χ0n) is 15.0. The molecule has 0 spiro atoms. The average molecular weight is 382 g/mol. The van der Waals surface area contributed by atoms with Crippen LogP contribution in [0.4, 0.5) is 13.2 Å². The Balaban J connectivity index is 1.57. The first-order valence-corrected chi connectivity index (χ1v) is 8.72. The van der Waals surface area contributed by atoms with Gasteiger partial charge in [-0.3, -0.25) is 9.69 Å². The number of rotatable bonds is 5. The quantitative estimate of drug-likeness (QED) is 0.794. The summed E-state index contributed by atoms with van der Waals surface area (Å²) in [6.45, 7) is 0.124. The largest absolute Gasteiger partial charge is 0.480 e. The molecule has 0 N–H and O–H groups in total. The molecule has 1 aliphatic heterocycles. The van der Waals surface area contributed by atoms with Gasteiger partial charge in [-0.05, 0) is 12.1 Å². The monoisotopic (exact) mass is 382 g/mol. The Labute approximate surface area is 154 Å². The van der Waals surface area contributed by atoms with Gasteiger partial charge in [0.1, 0.15) is 5.69 Å². The zero-order valence-corrected chi connectivity index (χ0v) is 15.0. The fourth-order valence-corrected chi connectivity index (χ4v) is 3.14. The molecule has 2 heterocycles. The van der Waals surface area contributed by atoms with Crippen molar-refractivity contribution in [2.75, 3.05) is 39.8 Å². The summed E-state index contributed by atoms with van der Waals surface area (Å²) in [5, 5.41) is 0. The molecule has 0 unspecified atom stereocenters. The molecule has 146 valence electrons. The van der Waals surface area contributed by atoms with Gasteiger partial charge in [-0.2, -0.15) is 13.2 Å². The molecule has 1 saturated heterocycles. The first-order chi connectivity index (χ1) is 12.9. The number of nitrogens with zero attached hydrogens (tertiary/aromatic N) is 4. The molecule has 0 saturated carbocycles. The maximum atomic E-state index is 12.4. The number of fused-ring (bicyclic) bond motifs is 1. The van der Waals surface area contributed by atoms with Crippen LogP contribution in [0.2, 0.25) is 0 Å². The van der Waals surface area contributed by atoms with E-state index >= 15 is 0 Å². The van der Waals surface area contributed by atoms with Crippen molar-refractivity contribution in [1.82, 2.24) is 19.8 Å². The van der Waals surface area contributed by atoms with Crippen molar-refractivity contribution < 1.29 is 22.7 Å². The van der Waals surface area contributed by atoms with Gasteiger partial charge in [-0.1, -0.05) is 12.1 Å². The maximum Gasteiger partial charge on any atom is 0.401 e. The van der Waals surface area contributed by atoms with Crippen LogP contribution < -0.4 is 4.74 Å². The SMILES string of the molecule is COc1nc2ccccc2nc1CCC(=O)N1CCN(CC(F)(F)F)CC1. The Bertz CT molecular complexity index is 805. The van der Waals surface area contributed by atoms with Gasteiger partial charge < -0.3 is 9.64 Å². The number of ether oxygens (including phenoxy) is 1. The molecule has 9 heteroatoms. The molecule has 0 aliphatic carbocycles. The van der Waals surface area contributed by atoms with E-state index in [1.807, 2.05) is 24.3 Å². The molecule has 1 fully saturated rings. The van der Waals surface area contributed by atoms with Crippen LogP contribution in [0.15, 0.2) is 24.3 Å². The van der Waals surface area contributed by atoms with Crippen molar-refractivity contribution in [2.45, 2.75) is 19.0 Å². The lowest BCUT2D eigenvalue weighted by Gasteiger charge is -2.35. The maximum absolute atomic E-state index is 12.4. The standard InChI is InChI=1S/C18H21F3N4O2/c1-27-17-15(22-13-4-2-3-5-14(13)23-17)6-7-16(26)25-10-8-24(9-11-25)12-18(19,20)21/h2-5H,6-12H2,1H3. The highest BCUT2D eigenvalue weighted by Gasteiger charge is 2.32. The van der Waals surface area contributed by atoms with Crippen molar-refractivity contribution in [2.24, 2.45) is 0 Å². The molecule has 0 bridgehead atoms. The highest BCUT2D eigenvalue weighted by Crippen LogP contribution is 2.21. The summed E-state index contributed by atoms with van der Waals surface area (Å²) in [5.74, 6) is 0.287. The van der Waals surface area contributed by atoms with E-state index in [0.717, 1.165) is 5.52 Å². The number of amides is 1. The summed E-state index contributed by atoms with van der Waals surface area (Å²) in [4.78, 5) is 24.3. The van der Waals surface area contributed by atoms with Crippen LogP contribution in [0, 0.1) is 0 Å². The second kappa shape index (κ2) is 8.08. The molecule has 0 atom stereocenters. The zero-order chi connectivity index (χ0) is 19.4. The second-order valence-electron chi connectivity index (χ2n) is 6.44. The van der Waals surface area contributed by atoms with Gasteiger partial charge in [0.25, 0.3) is 0 Å². The number of hydrogen-bond donors (Lipinski definition) is 0. The van der Waals surface area contributed by atoms with Crippen LogP contribution in [0.1, 0.15) is 12.1 Å². The average Bonchev–Trinajstić information content (AvgIpc) is 2.64. The smallest absolute Gasteiger partial charge is 0.401 e. The number of carbonyl (C=O) groups is 1. The van der Waals surface area contributed by atoms with E-state index in [0.29, 0.717) is 36.6 Å². The normalized spacial score (nSPS) is 15.9. The minimum absolute atomic E-state index is 0.0985. The fourth-order valence-electron chi connectivity index (χ4n) is 3.14. The summed E-state index contributed by atoms with van der Waals surface area (Å²) in [6.07, 6.45) is -3.64. The van der Waals surface area contributed by atoms with Gasteiger partial charge in [0.15, 0.2) is 0 Å². The summed E-state index contributed by atoms with van der Waals surface area (Å²) in [5.41, 5.74) is 2.03. The van der Waals surface area contributed by atoms with E-state index in [-0.39, 0.29) is 25.4 Å². The molecule has 1 amide bonds. The van der Waals surface area contributed by atoms with Crippen LogP contribution in [0.25, 0.3) is 11.0 Å². The van der Waals surface area contributed by atoms with Crippen LogP contribution in [0.3, 0.4) is 0 Å². The Hall–Kier alpha value is -2.42. The molecule has 1 aromatic heterocycles. The number of halogens is 3. The number of benzene rings is 1. The van der Waals surface area contributed by atoms with Crippen LogP contribution in [-0.4, -0.2) is 71.7 Å². The minimum Gasteiger partial charge on any atom is -0.480 e. The molecule has 1 aliphatic rings. The van der Waals surface area contributed by atoms with E-state index in [4.69, 9.17) is 4.74 Å². The third kappa shape index (κ3) is 5.06. The van der Waals surface area contributed by atoms with Gasteiger partial charge in [0.2, 0.25) is 11.8 Å². The van der Waals surface area contributed by atoms with E-state index in [1.54, 1.807) is 4.90 Å². The first-order valence-electron chi connectivity index (χ1n) is 8.72. The Kier molecular flexibility index (Phi) is 5.79. The number of carbonyl (C=O) groups excluding carboxylic acids is 1. The summed E-state index contributed by atoms with van der Waals surface area (Å²) < 4.78 is 42.6. The number of piperazine rings is 1. The Morgan fingerprint density at radius 3 is 2.33 bits per heavy atom. The molecule has 3 rings (SSSR count). The van der Waals surface area contributed by atoms with Gasteiger partial charge in [0, 0.05) is 39.0 Å². The first kappa shape index (κ1) is 19.3. The fraction of sp³-hybridized carbons (Fsp3) is 0.500. The predicted molar refractivity (Wildman–Crippen MR) is 93.5 cm³/mol. The summed E-state index contributed by atoms with van der Waals surface area (Å²) in [6, 6.07) is 7.39.